The summed E-state index contributed by atoms with van der Waals surface area (Å²) in [6.45, 7) is 4.53. The Morgan fingerprint density at radius 2 is 2.00 bits per heavy atom. The average Bonchev–Trinajstić information content (AvgIpc) is 2.05. The molecule has 3 N–H and O–H groups in total. The van der Waals surface area contributed by atoms with Crippen LogP contribution >= 0.6 is 22.6 Å². The van der Waals surface area contributed by atoms with Gasteiger partial charge in [-0.05, 0) is 12.8 Å². The molecule has 1 unspecified atom stereocenters. The Balaban J connectivity index is 0. The zero-order valence-corrected chi connectivity index (χ0v) is 10.2. The van der Waals surface area contributed by atoms with E-state index in [1.54, 1.807) is 0 Å². The topological polar surface area (TPSA) is 69.6 Å². The minimum Gasteiger partial charge on any atom is -0.465 e. The predicted molar refractivity (Wildman–Crippen MR) is 61.3 cm³/mol. The van der Waals surface area contributed by atoms with Gasteiger partial charge in [-0.15, -0.1) is 0 Å². The lowest BCUT2D eigenvalue weighted by molar-refractivity contribution is 0.194. The fourth-order valence-corrected chi connectivity index (χ4v) is 0.372. The van der Waals surface area contributed by atoms with Crippen molar-refractivity contribution in [2.75, 3.05) is 6.54 Å². The van der Waals surface area contributed by atoms with Gasteiger partial charge in [0.1, 0.15) is 4.11 Å². The molecule has 80 valence electrons. The summed E-state index contributed by atoms with van der Waals surface area (Å²) < 4.78 is -0.146. The molecule has 0 spiro atoms. The van der Waals surface area contributed by atoms with E-state index < -0.39 is 6.09 Å². The number of carbonyl (C=O) groups is 1. The van der Waals surface area contributed by atoms with E-state index in [2.05, 4.69) is 5.32 Å². The lowest BCUT2D eigenvalue weighted by Gasteiger charge is -1.94. The molecule has 0 aliphatic heterocycles. The molecule has 0 aliphatic rings. The molecule has 0 heterocycles. The molecule has 0 rings (SSSR count). The Morgan fingerprint density at radius 3 is 2.23 bits per heavy atom. The van der Waals surface area contributed by atoms with Crippen molar-refractivity contribution in [1.29, 1.82) is 0 Å². The number of carboxylic acid groups (broad SMARTS) is 1. The lowest BCUT2D eigenvalue weighted by Crippen LogP contribution is -2.21. The monoisotopic (exact) mass is 303 g/mol. The third-order valence-corrected chi connectivity index (χ3v) is 2.02. The van der Waals surface area contributed by atoms with E-state index in [1.165, 1.54) is 0 Å². The van der Waals surface area contributed by atoms with Crippen molar-refractivity contribution in [1.82, 2.24) is 5.32 Å². The molecule has 0 aromatic rings. The second-order valence-electron chi connectivity index (χ2n) is 2.43. The van der Waals surface area contributed by atoms with Crippen LogP contribution in [0.1, 0.15) is 33.1 Å². The highest BCUT2D eigenvalue weighted by molar-refractivity contribution is 14.1. The third-order valence-electron chi connectivity index (χ3n) is 1.14. The third kappa shape index (κ3) is 24.5. The van der Waals surface area contributed by atoms with Gasteiger partial charge in [-0.1, -0.05) is 42.9 Å². The van der Waals surface area contributed by atoms with Gasteiger partial charge < -0.3 is 15.5 Å². The number of aliphatic hydroxyl groups is 1. The van der Waals surface area contributed by atoms with E-state index >= 15 is 0 Å². The van der Waals surface area contributed by atoms with E-state index in [0.29, 0.717) is 6.54 Å². The molecule has 0 aromatic carbocycles. The maximum Gasteiger partial charge on any atom is 0.404 e. The van der Waals surface area contributed by atoms with E-state index in [9.17, 15) is 4.79 Å². The Kier molecular flexibility index (Phi) is 14.2. The van der Waals surface area contributed by atoms with Crippen LogP contribution in [0.25, 0.3) is 0 Å². The Hall–Kier alpha value is -0.0400. The number of rotatable bonds is 4. The second kappa shape index (κ2) is 12.0. The Bertz CT molecular complexity index is 120. The summed E-state index contributed by atoms with van der Waals surface area (Å²) in [5, 5.41) is 18.6. The van der Waals surface area contributed by atoms with Crippen LogP contribution in [0.15, 0.2) is 0 Å². The molecule has 0 aliphatic carbocycles. The Morgan fingerprint density at radius 1 is 1.54 bits per heavy atom. The number of amides is 1. The van der Waals surface area contributed by atoms with Gasteiger partial charge in [0.05, 0.1) is 0 Å². The molecule has 0 saturated heterocycles. The van der Waals surface area contributed by atoms with Crippen molar-refractivity contribution in [2.24, 2.45) is 0 Å². The summed E-state index contributed by atoms with van der Waals surface area (Å²) in [6.07, 6.45) is 1.87. The molecule has 5 heteroatoms. The largest absolute Gasteiger partial charge is 0.465 e. The highest BCUT2D eigenvalue weighted by Crippen LogP contribution is 1.96. The van der Waals surface area contributed by atoms with Gasteiger partial charge in [-0.2, -0.15) is 0 Å². The van der Waals surface area contributed by atoms with Gasteiger partial charge in [0, 0.05) is 6.54 Å². The molecule has 0 aromatic heterocycles. The fourth-order valence-electron chi connectivity index (χ4n) is 0.372. The molecular weight excluding hydrogens is 285 g/mol. The summed E-state index contributed by atoms with van der Waals surface area (Å²) in [7, 11) is 0. The molecular formula is C8H18INO3. The van der Waals surface area contributed by atoms with Gasteiger partial charge in [0.2, 0.25) is 0 Å². The zero-order chi connectivity index (χ0) is 10.7. The van der Waals surface area contributed by atoms with Crippen molar-refractivity contribution in [3.05, 3.63) is 0 Å². The summed E-state index contributed by atoms with van der Waals surface area (Å²) in [6, 6.07) is 0. The molecule has 0 radical (unpaired) electrons. The van der Waals surface area contributed by atoms with E-state index in [0.717, 1.165) is 19.3 Å². The van der Waals surface area contributed by atoms with Crippen molar-refractivity contribution in [3.8, 4) is 0 Å². The molecule has 0 saturated carbocycles. The van der Waals surface area contributed by atoms with E-state index in [4.69, 9.17) is 10.2 Å². The first-order chi connectivity index (χ1) is 6.04. The second-order valence-corrected chi connectivity index (χ2v) is 3.87. The van der Waals surface area contributed by atoms with E-state index in [1.807, 2.05) is 36.4 Å². The standard InChI is InChI=1S/C5H11NO2.C3H7IO/c1-2-3-4-6-5(7)8;1-2-3(4)5/h6H,2-4H2,1H3,(H,7,8);3,5H,2H2,1H3. The number of aliphatic hydroxyl groups excluding tert-OH is 1. The smallest absolute Gasteiger partial charge is 0.404 e. The van der Waals surface area contributed by atoms with Crippen molar-refractivity contribution >= 4 is 28.7 Å². The van der Waals surface area contributed by atoms with Crippen molar-refractivity contribution in [2.45, 2.75) is 37.2 Å². The summed E-state index contributed by atoms with van der Waals surface area (Å²) in [5.74, 6) is 0. The van der Waals surface area contributed by atoms with Gasteiger partial charge in [-0.25, -0.2) is 4.79 Å². The first-order valence-electron chi connectivity index (χ1n) is 4.33. The van der Waals surface area contributed by atoms with Crippen LogP contribution in [-0.4, -0.2) is 27.0 Å². The number of unbranched alkanes of at least 4 members (excludes halogenated alkanes) is 1. The van der Waals surface area contributed by atoms with Gasteiger partial charge in [0.25, 0.3) is 0 Å². The molecule has 1 atom stereocenters. The number of hydrogen-bond donors (Lipinski definition) is 3. The molecule has 13 heavy (non-hydrogen) atoms. The van der Waals surface area contributed by atoms with Crippen LogP contribution in [0.2, 0.25) is 0 Å². The van der Waals surface area contributed by atoms with Crippen molar-refractivity contribution < 1.29 is 15.0 Å². The Labute approximate surface area is 92.9 Å². The lowest BCUT2D eigenvalue weighted by atomic mass is 10.3. The first kappa shape index (κ1) is 15.4. The normalized spacial score (nSPS) is 11.1. The number of nitrogens with one attached hydrogen (secondary N) is 1. The van der Waals surface area contributed by atoms with E-state index in [-0.39, 0.29) is 4.11 Å². The van der Waals surface area contributed by atoms with Crippen LogP contribution in [0.3, 0.4) is 0 Å². The van der Waals surface area contributed by atoms with Crippen molar-refractivity contribution in [3.63, 3.8) is 0 Å². The summed E-state index contributed by atoms with van der Waals surface area (Å²) in [4.78, 5) is 9.76. The number of halogens is 1. The number of hydrogen-bond acceptors (Lipinski definition) is 2. The zero-order valence-electron chi connectivity index (χ0n) is 8.09. The minimum atomic E-state index is -0.932. The highest BCUT2D eigenvalue weighted by atomic mass is 127. The molecule has 1 amide bonds. The average molecular weight is 303 g/mol. The predicted octanol–water partition coefficient (Wildman–Crippen LogP) is 2.20. The number of alkyl halides is 1. The SMILES string of the molecule is CCC(O)I.CCCCNC(=O)O. The quantitative estimate of drug-likeness (QED) is 0.424. The van der Waals surface area contributed by atoms with Gasteiger partial charge in [-0.3, -0.25) is 0 Å². The van der Waals surface area contributed by atoms with Crippen LogP contribution in [0.5, 0.6) is 0 Å². The van der Waals surface area contributed by atoms with Gasteiger partial charge in [0.15, 0.2) is 0 Å². The fraction of sp³-hybridized carbons (Fsp3) is 0.875. The maximum absolute atomic E-state index is 9.76. The highest BCUT2D eigenvalue weighted by Gasteiger charge is 1.88. The molecule has 0 bridgehead atoms. The first-order valence-corrected chi connectivity index (χ1v) is 5.58. The van der Waals surface area contributed by atoms with Crippen LogP contribution < -0.4 is 5.32 Å². The van der Waals surface area contributed by atoms with Crippen LogP contribution in [0, 0.1) is 0 Å². The summed E-state index contributed by atoms with van der Waals surface area (Å²) >= 11 is 1.96. The summed E-state index contributed by atoms with van der Waals surface area (Å²) in [5.41, 5.74) is 0. The van der Waals surface area contributed by atoms with Gasteiger partial charge >= 0.3 is 6.09 Å². The minimum absolute atomic E-state index is 0.146. The maximum atomic E-state index is 9.76. The van der Waals surface area contributed by atoms with Crippen LogP contribution in [0.4, 0.5) is 4.79 Å². The molecule has 4 nitrogen and oxygen atoms in total. The van der Waals surface area contributed by atoms with Crippen LogP contribution in [-0.2, 0) is 0 Å². The molecule has 0 fully saturated rings.